The van der Waals surface area contributed by atoms with Gasteiger partial charge in [0.15, 0.2) is 0 Å². The molecule has 2 aliphatic rings. The largest absolute Gasteiger partial charge is 0.359 e. The average molecular weight is 362 g/mol. The third-order valence-corrected chi connectivity index (χ3v) is 5.08. The van der Waals surface area contributed by atoms with Gasteiger partial charge < -0.3 is 9.88 Å². The fourth-order valence-electron chi connectivity index (χ4n) is 3.91. The van der Waals surface area contributed by atoms with Crippen LogP contribution in [0.4, 0.5) is 0 Å². The van der Waals surface area contributed by atoms with Crippen LogP contribution < -0.4 is 0 Å². The molecular formula is C22H26N4O. The van der Waals surface area contributed by atoms with Gasteiger partial charge in [0.2, 0.25) is 0 Å². The summed E-state index contributed by atoms with van der Waals surface area (Å²) in [4.78, 5) is 27.9. The topological polar surface area (TPSA) is 61.9 Å². The van der Waals surface area contributed by atoms with Crippen molar-refractivity contribution in [3.05, 3.63) is 47.9 Å². The summed E-state index contributed by atoms with van der Waals surface area (Å²) in [6, 6.07) is 7.75. The molecule has 3 heterocycles. The highest BCUT2D eigenvalue weighted by Crippen LogP contribution is 2.44. The van der Waals surface area contributed by atoms with E-state index in [-0.39, 0.29) is 22.9 Å². The quantitative estimate of drug-likeness (QED) is 0.560. The predicted octanol–water partition coefficient (Wildman–Crippen LogP) is 4.97. The summed E-state index contributed by atoms with van der Waals surface area (Å²) in [7, 11) is 0. The third-order valence-electron chi connectivity index (χ3n) is 5.08. The molecule has 0 spiro atoms. The zero-order valence-electron chi connectivity index (χ0n) is 16.8. The Labute approximate surface area is 159 Å². The highest BCUT2D eigenvalue weighted by atomic mass is 16.2. The van der Waals surface area contributed by atoms with Crippen LogP contribution in [0.2, 0.25) is 0 Å². The van der Waals surface area contributed by atoms with Crippen LogP contribution in [-0.4, -0.2) is 31.3 Å². The van der Waals surface area contributed by atoms with Crippen LogP contribution in [0, 0.1) is 5.41 Å². The molecule has 0 bridgehead atoms. The second-order valence-corrected chi connectivity index (χ2v) is 9.35. The molecule has 1 N–H and O–H groups in total. The lowest BCUT2D eigenvalue weighted by molar-refractivity contribution is 0.0168. The maximum absolute atomic E-state index is 13.8. The first kappa shape index (κ1) is 17.7. The minimum absolute atomic E-state index is 0.0179. The first-order chi connectivity index (χ1) is 12.6. The van der Waals surface area contributed by atoms with Crippen LogP contribution in [0.1, 0.15) is 63.6 Å². The van der Waals surface area contributed by atoms with Gasteiger partial charge in [0, 0.05) is 23.3 Å². The van der Waals surface area contributed by atoms with Crippen molar-refractivity contribution in [2.24, 2.45) is 5.41 Å². The van der Waals surface area contributed by atoms with Crippen LogP contribution in [0.5, 0.6) is 0 Å². The zero-order chi connectivity index (χ0) is 19.6. The number of H-pyrrole nitrogens is 1. The Hall–Kier alpha value is -2.69. The van der Waals surface area contributed by atoms with Gasteiger partial charge in [-0.1, -0.05) is 26.8 Å². The molecule has 5 nitrogen and oxygen atoms in total. The fraction of sp³-hybridized carbons (Fsp3) is 0.409. The number of carbonyl (C=O) groups excluding carboxylic acids is 1. The summed E-state index contributed by atoms with van der Waals surface area (Å²) in [5.41, 5.74) is 4.00. The number of hydrogen-bond acceptors (Lipinski definition) is 3. The lowest BCUT2D eigenvalue weighted by Crippen LogP contribution is -2.51. The second-order valence-electron chi connectivity index (χ2n) is 9.35. The normalized spacial score (nSPS) is 14.3. The lowest BCUT2D eigenvalue weighted by Gasteiger charge is -2.47. The van der Waals surface area contributed by atoms with Crippen LogP contribution in [-0.2, 0) is 0 Å². The Morgan fingerprint density at radius 2 is 1.89 bits per heavy atom. The number of aromatic amines is 1. The molecule has 4 rings (SSSR count). The molecule has 27 heavy (non-hydrogen) atoms. The van der Waals surface area contributed by atoms with Crippen LogP contribution >= 0.6 is 0 Å². The molecule has 2 aromatic heterocycles. The van der Waals surface area contributed by atoms with Crippen molar-refractivity contribution in [2.75, 3.05) is 0 Å². The van der Waals surface area contributed by atoms with Crippen molar-refractivity contribution in [2.45, 2.75) is 53.1 Å². The van der Waals surface area contributed by atoms with E-state index in [0.717, 1.165) is 28.0 Å². The van der Waals surface area contributed by atoms with Crippen molar-refractivity contribution in [1.29, 1.82) is 0 Å². The van der Waals surface area contributed by atoms with E-state index >= 15 is 0 Å². The molecule has 0 fully saturated rings. The lowest BCUT2D eigenvalue weighted by atomic mass is 9.80. The monoisotopic (exact) mass is 362 g/mol. The Morgan fingerprint density at radius 1 is 1.15 bits per heavy atom. The van der Waals surface area contributed by atoms with Gasteiger partial charge in [-0.15, -0.1) is 0 Å². The van der Waals surface area contributed by atoms with Gasteiger partial charge >= 0.3 is 0 Å². The van der Waals surface area contributed by atoms with Gasteiger partial charge in [-0.25, -0.2) is 4.98 Å². The van der Waals surface area contributed by atoms with Crippen LogP contribution in [0.3, 0.4) is 0 Å². The summed E-state index contributed by atoms with van der Waals surface area (Å²) in [5, 5.41) is 0.961. The third kappa shape index (κ3) is 2.91. The number of aromatic nitrogens is 3. The minimum Gasteiger partial charge on any atom is -0.359 e. The maximum Gasteiger partial charge on any atom is 0.257 e. The second kappa shape index (κ2) is 5.65. The molecular weight excluding hydrogens is 336 g/mol. The van der Waals surface area contributed by atoms with E-state index in [1.54, 1.807) is 6.20 Å². The Kier molecular flexibility index (Phi) is 3.71. The first-order valence-corrected chi connectivity index (χ1v) is 9.36. The van der Waals surface area contributed by atoms with Crippen LogP contribution in [0.25, 0.3) is 22.3 Å². The van der Waals surface area contributed by atoms with E-state index in [0.29, 0.717) is 5.56 Å². The van der Waals surface area contributed by atoms with E-state index in [4.69, 9.17) is 0 Å². The Morgan fingerprint density at radius 3 is 2.48 bits per heavy atom. The van der Waals surface area contributed by atoms with E-state index in [9.17, 15) is 4.79 Å². The van der Waals surface area contributed by atoms with Gasteiger partial charge in [0.25, 0.3) is 5.91 Å². The van der Waals surface area contributed by atoms with E-state index in [1.807, 2.05) is 35.4 Å². The smallest absolute Gasteiger partial charge is 0.257 e. The number of nitrogens with zero attached hydrogens (tertiary/aromatic N) is 3. The van der Waals surface area contributed by atoms with Gasteiger partial charge in [0.1, 0.15) is 5.69 Å². The number of fused-ring (bicyclic) bond motifs is 3. The molecule has 140 valence electrons. The maximum atomic E-state index is 13.8. The molecule has 1 unspecified atom stereocenters. The highest BCUT2D eigenvalue weighted by Gasteiger charge is 2.42. The number of amides is 1. The molecule has 1 atom stereocenters. The molecule has 2 aromatic rings. The molecule has 0 saturated carbocycles. The van der Waals surface area contributed by atoms with Crippen molar-refractivity contribution in [1.82, 2.24) is 19.9 Å². The molecule has 1 amide bonds. The van der Waals surface area contributed by atoms with Crippen molar-refractivity contribution in [3.8, 4) is 11.4 Å². The van der Waals surface area contributed by atoms with Crippen LogP contribution in [0.15, 0.2) is 36.7 Å². The summed E-state index contributed by atoms with van der Waals surface area (Å²) in [5.74, 6) is 0.0179. The van der Waals surface area contributed by atoms with E-state index < -0.39 is 0 Å². The Bertz CT molecular complexity index is 1020. The highest BCUT2D eigenvalue weighted by molar-refractivity contribution is 6.13. The van der Waals surface area contributed by atoms with Gasteiger partial charge in [-0.3, -0.25) is 9.78 Å². The van der Waals surface area contributed by atoms with Gasteiger partial charge in [0.05, 0.1) is 28.5 Å². The summed E-state index contributed by atoms with van der Waals surface area (Å²) in [6.45, 7) is 12.7. The number of rotatable bonds is 3. The number of carbonyl (C=O) groups is 1. The van der Waals surface area contributed by atoms with E-state index in [1.165, 1.54) is 0 Å². The van der Waals surface area contributed by atoms with Crippen molar-refractivity contribution in [3.63, 3.8) is 0 Å². The minimum atomic E-state index is -0.372. The van der Waals surface area contributed by atoms with Gasteiger partial charge in [-0.2, -0.15) is 0 Å². The first-order valence-electron chi connectivity index (χ1n) is 9.36. The summed E-state index contributed by atoms with van der Waals surface area (Å²) >= 11 is 0. The number of hydrogen-bond donors (Lipinski definition) is 1. The van der Waals surface area contributed by atoms with Crippen molar-refractivity contribution < 1.29 is 4.79 Å². The fourth-order valence-corrected chi connectivity index (χ4v) is 3.91. The molecule has 1 aliphatic heterocycles. The SMILES string of the molecule is CC(C)(C)C(c1ccccn1)N(C(=O)c1c[nH]c2c3nc-3cc12)C(C)(C)C. The Balaban J connectivity index is 1.84. The zero-order valence-corrected chi connectivity index (χ0v) is 16.8. The van der Waals surface area contributed by atoms with E-state index in [2.05, 4.69) is 56.5 Å². The average Bonchev–Trinajstić information content (AvgIpc) is 3.05. The number of nitrogens with one attached hydrogen (secondary N) is 1. The summed E-state index contributed by atoms with van der Waals surface area (Å²) in [6.07, 6.45) is 3.61. The predicted molar refractivity (Wildman–Crippen MR) is 107 cm³/mol. The molecule has 0 aromatic carbocycles. The standard InChI is InChI=1S/C22H26N4O/c1-21(2,3)19(15-9-7-8-10-23-15)26(22(4,5)6)20(27)14-12-24-17-13(14)11-16-18(17)25-16/h7-12,19,24H,1-6H3. The molecule has 1 aliphatic carbocycles. The number of pyridine rings is 2. The molecule has 0 radical (unpaired) electrons. The molecule has 0 saturated heterocycles. The van der Waals surface area contributed by atoms with Gasteiger partial charge in [-0.05, 0) is 44.4 Å². The summed E-state index contributed by atoms with van der Waals surface area (Å²) < 4.78 is 0. The molecule has 5 heteroatoms. The van der Waals surface area contributed by atoms with Crippen molar-refractivity contribution >= 4 is 16.8 Å².